The molecule has 1 heterocycles. The van der Waals surface area contributed by atoms with E-state index in [2.05, 4.69) is 43.0 Å². The lowest BCUT2D eigenvalue weighted by atomic mass is 9.78. The predicted molar refractivity (Wildman–Crippen MR) is 89.5 cm³/mol. The standard InChI is InChI=1S/C19H30N2/c1-19(2,21-12-4-3-5-13-21)18(20)17-11-7-10-16(14-17)15-8-6-9-15/h7,10-11,14-15,18H,3-6,8-9,12-13,20H2,1-2H3. The van der Waals surface area contributed by atoms with Crippen molar-refractivity contribution in [2.24, 2.45) is 5.73 Å². The summed E-state index contributed by atoms with van der Waals surface area (Å²) < 4.78 is 0. The number of benzene rings is 1. The van der Waals surface area contributed by atoms with Crippen molar-refractivity contribution < 1.29 is 0 Å². The summed E-state index contributed by atoms with van der Waals surface area (Å²) in [6, 6.07) is 9.18. The third-order valence-electron chi connectivity index (χ3n) is 5.78. The molecule has 2 fully saturated rings. The maximum atomic E-state index is 6.69. The minimum absolute atomic E-state index is 0.0403. The van der Waals surface area contributed by atoms with E-state index in [0.29, 0.717) is 0 Å². The number of likely N-dealkylation sites (tertiary alicyclic amines) is 1. The first-order valence-corrected chi connectivity index (χ1v) is 8.69. The molecule has 2 N–H and O–H groups in total. The number of rotatable bonds is 4. The fourth-order valence-electron chi connectivity index (χ4n) is 3.82. The third-order valence-corrected chi connectivity index (χ3v) is 5.78. The second kappa shape index (κ2) is 6.10. The Morgan fingerprint density at radius 1 is 1.10 bits per heavy atom. The summed E-state index contributed by atoms with van der Waals surface area (Å²) in [6.07, 6.45) is 8.11. The van der Waals surface area contributed by atoms with Gasteiger partial charge in [0, 0.05) is 11.6 Å². The number of hydrogen-bond acceptors (Lipinski definition) is 2. The van der Waals surface area contributed by atoms with Crippen LogP contribution in [0.1, 0.15) is 75.5 Å². The molecule has 1 aliphatic heterocycles. The number of nitrogens with two attached hydrogens (primary N) is 1. The van der Waals surface area contributed by atoms with Gasteiger partial charge >= 0.3 is 0 Å². The van der Waals surface area contributed by atoms with Crippen LogP contribution >= 0.6 is 0 Å². The van der Waals surface area contributed by atoms with Gasteiger partial charge in [0.2, 0.25) is 0 Å². The van der Waals surface area contributed by atoms with Gasteiger partial charge in [-0.15, -0.1) is 0 Å². The minimum Gasteiger partial charge on any atom is -0.322 e. The molecule has 3 rings (SSSR count). The molecule has 21 heavy (non-hydrogen) atoms. The average Bonchev–Trinajstić information content (AvgIpc) is 2.46. The molecule has 2 aliphatic rings. The average molecular weight is 286 g/mol. The van der Waals surface area contributed by atoms with Crippen molar-refractivity contribution in [1.82, 2.24) is 4.90 Å². The van der Waals surface area contributed by atoms with Crippen LogP contribution in [0.15, 0.2) is 24.3 Å². The summed E-state index contributed by atoms with van der Waals surface area (Å²) in [6.45, 7) is 7.03. The van der Waals surface area contributed by atoms with Gasteiger partial charge in [0.15, 0.2) is 0 Å². The molecule has 1 aromatic carbocycles. The first-order valence-electron chi connectivity index (χ1n) is 8.69. The first kappa shape index (κ1) is 15.1. The van der Waals surface area contributed by atoms with Gasteiger partial charge < -0.3 is 5.73 Å². The van der Waals surface area contributed by atoms with E-state index >= 15 is 0 Å². The van der Waals surface area contributed by atoms with Crippen molar-refractivity contribution in [3.8, 4) is 0 Å². The summed E-state index contributed by atoms with van der Waals surface area (Å²) in [4.78, 5) is 2.59. The molecular formula is C19H30N2. The second-order valence-corrected chi connectivity index (χ2v) is 7.48. The monoisotopic (exact) mass is 286 g/mol. The molecule has 1 saturated heterocycles. The van der Waals surface area contributed by atoms with Crippen molar-refractivity contribution in [2.45, 2.75) is 69.9 Å². The number of nitrogens with zero attached hydrogens (tertiary/aromatic N) is 1. The van der Waals surface area contributed by atoms with Gasteiger partial charge in [0.05, 0.1) is 0 Å². The Morgan fingerprint density at radius 2 is 1.81 bits per heavy atom. The Morgan fingerprint density at radius 3 is 2.43 bits per heavy atom. The van der Waals surface area contributed by atoms with Gasteiger partial charge in [-0.25, -0.2) is 0 Å². The van der Waals surface area contributed by atoms with Gasteiger partial charge in [-0.2, -0.15) is 0 Å². The number of piperidine rings is 1. The Bertz CT molecular complexity index is 470. The SMILES string of the molecule is CC(C)(C(N)c1cccc(C2CCC2)c1)N1CCCCC1. The van der Waals surface area contributed by atoms with Crippen molar-refractivity contribution in [1.29, 1.82) is 0 Å². The maximum Gasteiger partial charge on any atom is 0.0476 e. The van der Waals surface area contributed by atoms with E-state index in [1.165, 1.54) is 62.7 Å². The zero-order valence-electron chi connectivity index (χ0n) is 13.6. The van der Waals surface area contributed by atoms with Crippen molar-refractivity contribution >= 4 is 0 Å². The second-order valence-electron chi connectivity index (χ2n) is 7.48. The molecule has 0 aromatic heterocycles. The summed E-state index contributed by atoms with van der Waals surface area (Å²) in [5, 5.41) is 0. The van der Waals surface area contributed by atoms with E-state index in [9.17, 15) is 0 Å². The van der Waals surface area contributed by atoms with Crippen LogP contribution in [0.3, 0.4) is 0 Å². The fraction of sp³-hybridized carbons (Fsp3) is 0.684. The fourth-order valence-corrected chi connectivity index (χ4v) is 3.82. The lowest BCUT2D eigenvalue weighted by Gasteiger charge is -2.45. The van der Waals surface area contributed by atoms with Crippen LogP contribution in [-0.2, 0) is 0 Å². The maximum absolute atomic E-state index is 6.69. The summed E-state index contributed by atoms with van der Waals surface area (Å²) in [7, 11) is 0. The van der Waals surface area contributed by atoms with E-state index in [1.54, 1.807) is 0 Å². The van der Waals surface area contributed by atoms with Gasteiger partial charge in [-0.1, -0.05) is 37.1 Å². The molecule has 0 radical (unpaired) electrons. The molecule has 1 aromatic rings. The summed E-state index contributed by atoms with van der Waals surface area (Å²) >= 11 is 0. The van der Waals surface area contributed by atoms with Crippen LogP contribution in [-0.4, -0.2) is 23.5 Å². The normalized spacial score (nSPS) is 22.8. The predicted octanol–water partition coefficient (Wildman–Crippen LogP) is 4.22. The molecule has 2 nitrogen and oxygen atoms in total. The molecule has 0 spiro atoms. The van der Waals surface area contributed by atoms with Crippen LogP contribution in [0.25, 0.3) is 0 Å². The highest BCUT2D eigenvalue weighted by Crippen LogP contribution is 2.38. The van der Waals surface area contributed by atoms with Crippen molar-refractivity contribution in [3.63, 3.8) is 0 Å². The van der Waals surface area contributed by atoms with Crippen molar-refractivity contribution in [2.75, 3.05) is 13.1 Å². The van der Waals surface area contributed by atoms with Gasteiger partial charge in [0.25, 0.3) is 0 Å². The smallest absolute Gasteiger partial charge is 0.0476 e. The Hall–Kier alpha value is -0.860. The Labute approximate surface area is 129 Å². The molecule has 1 atom stereocenters. The molecule has 0 bridgehead atoms. The van der Waals surface area contributed by atoms with Crippen molar-refractivity contribution in [3.05, 3.63) is 35.4 Å². The highest BCUT2D eigenvalue weighted by molar-refractivity contribution is 5.31. The highest BCUT2D eigenvalue weighted by Gasteiger charge is 2.35. The quantitative estimate of drug-likeness (QED) is 0.898. The largest absolute Gasteiger partial charge is 0.322 e. The summed E-state index contributed by atoms with van der Waals surface area (Å²) in [5.74, 6) is 0.787. The van der Waals surface area contributed by atoms with Crippen LogP contribution in [0, 0.1) is 0 Å². The van der Waals surface area contributed by atoms with Gasteiger partial charge in [-0.05, 0) is 69.7 Å². The van der Waals surface area contributed by atoms with Gasteiger partial charge in [-0.3, -0.25) is 4.90 Å². The van der Waals surface area contributed by atoms with E-state index in [-0.39, 0.29) is 11.6 Å². The van der Waals surface area contributed by atoms with E-state index < -0.39 is 0 Å². The lowest BCUT2D eigenvalue weighted by molar-refractivity contribution is 0.0729. The summed E-state index contributed by atoms with van der Waals surface area (Å²) in [5.41, 5.74) is 9.55. The van der Waals surface area contributed by atoms with Gasteiger partial charge in [0.1, 0.15) is 0 Å². The molecule has 2 heteroatoms. The van der Waals surface area contributed by atoms with Crippen LogP contribution < -0.4 is 5.73 Å². The third kappa shape index (κ3) is 3.02. The molecule has 1 aliphatic carbocycles. The highest BCUT2D eigenvalue weighted by atomic mass is 15.2. The first-order chi connectivity index (χ1) is 10.1. The van der Waals surface area contributed by atoms with E-state index in [4.69, 9.17) is 5.73 Å². The molecule has 116 valence electrons. The van der Waals surface area contributed by atoms with Crippen LogP contribution in [0.5, 0.6) is 0 Å². The van der Waals surface area contributed by atoms with Crippen LogP contribution in [0.4, 0.5) is 0 Å². The topological polar surface area (TPSA) is 29.3 Å². The van der Waals surface area contributed by atoms with Crippen LogP contribution in [0.2, 0.25) is 0 Å². The zero-order chi connectivity index (χ0) is 14.9. The van der Waals surface area contributed by atoms with E-state index in [1.807, 2.05) is 0 Å². The van der Waals surface area contributed by atoms with E-state index in [0.717, 1.165) is 5.92 Å². The Balaban J connectivity index is 1.77. The zero-order valence-corrected chi connectivity index (χ0v) is 13.6. The molecule has 0 amide bonds. The molecular weight excluding hydrogens is 256 g/mol. The molecule has 1 saturated carbocycles. The Kier molecular flexibility index (Phi) is 4.37. The lowest BCUT2D eigenvalue weighted by Crippen LogP contribution is -2.53. The minimum atomic E-state index is 0.0403. The molecule has 1 unspecified atom stereocenters. The number of hydrogen-bond donors (Lipinski definition) is 1.